The Morgan fingerprint density at radius 1 is 1.10 bits per heavy atom. The first-order chi connectivity index (χ1) is 14.1. The Hall–Kier alpha value is -3.39. The molecular formula is C21H23N3O5. The van der Waals surface area contributed by atoms with Gasteiger partial charge in [0.25, 0.3) is 5.91 Å². The van der Waals surface area contributed by atoms with Gasteiger partial charge in [0.05, 0.1) is 26.3 Å². The fourth-order valence-corrected chi connectivity index (χ4v) is 3.02. The van der Waals surface area contributed by atoms with Crippen LogP contribution in [0.4, 0.5) is 5.69 Å². The van der Waals surface area contributed by atoms with Crippen molar-refractivity contribution in [3.8, 4) is 17.4 Å². The normalized spacial score (nSPS) is 11.3. The van der Waals surface area contributed by atoms with Gasteiger partial charge in [-0.2, -0.15) is 0 Å². The molecule has 0 saturated carbocycles. The Morgan fingerprint density at radius 3 is 2.59 bits per heavy atom. The molecule has 0 fully saturated rings. The van der Waals surface area contributed by atoms with Gasteiger partial charge in [0.15, 0.2) is 17.2 Å². The van der Waals surface area contributed by atoms with Gasteiger partial charge in [-0.15, -0.1) is 10.2 Å². The second kappa shape index (κ2) is 9.20. The maximum absolute atomic E-state index is 12.5. The van der Waals surface area contributed by atoms with Gasteiger partial charge < -0.3 is 23.9 Å². The number of hydrogen-bond acceptors (Lipinski definition) is 6. The van der Waals surface area contributed by atoms with E-state index in [1.54, 1.807) is 16.7 Å². The lowest BCUT2D eigenvalue weighted by molar-refractivity contribution is 0.0994. The molecule has 3 rings (SSSR count). The van der Waals surface area contributed by atoms with Crippen molar-refractivity contribution in [2.75, 3.05) is 27.4 Å². The average molecular weight is 397 g/mol. The molecule has 1 amide bonds. The monoisotopic (exact) mass is 397 g/mol. The molecule has 152 valence electrons. The van der Waals surface area contributed by atoms with E-state index in [0.29, 0.717) is 42.2 Å². The van der Waals surface area contributed by atoms with Crippen molar-refractivity contribution in [3.63, 3.8) is 0 Å². The molecule has 29 heavy (non-hydrogen) atoms. The van der Waals surface area contributed by atoms with Crippen molar-refractivity contribution < 1.29 is 24.1 Å². The van der Waals surface area contributed by atoms with Crippen molar-refractivity contribution >= 4 is 22.5 Å². The van der Waals surface area contributed by atoms with Crippen LogP contribution in [0.3, 0.4) is 0 Å². The van der Waals surface area contributed by atoms with Crippen molar-refractivity contribution in [1.82, 2.24) is 4.57 Å². The number of aromatic nitrogens is 1. The number of methoxy groups -OCH3 is 2. The number of hydrogen-bond donors (Lipinski definition) is 1. The number of aromatic hydroxyl groups is 1. The first kappa shape index (κ1) is 20.3. The summed E-state index contributed by atoms with van der Waals surface area (Å²) in [5.74, 6) is 0.311. The van der Waals surface area contributed by atoms with Gasteiger partial charge in [0.1, 0.15) is 0 Å². The molecule has 2 aromatic carbocycles. The third-order valence-corrected chi connectivity index (χ3v) is 4.45. The third-order valence-electron chi connectivity index (χ3n) is 4.45. The molecule has 0 unspecified atom stereocenters. The standard InChI is InChI=1S/C21H23N3O5/c1-4-29-12-11-24-16-8-6-5-7-15(16)19(21(24)26)22-23-20(25)14-9-10-17(27-2)18(13-14)28-3/h5-10,13,26H,4,11-12H2,1-3H3. The highest BCUT2D eigenvalue weighted by Crippen LogP contribution is 2.39. The predicted molar refractivity (Wildman–Crippen MR) is 108 cm³/mol. The first-order valence-electron chi connectivity index (χ1n) is 9.16. The highest BCUT2D eigenvalue weighted by atomic mass is 16.5. The molecule has 0 atom stereocenters. The largest absolute Gasteiger partial charge is 0.493 e. The van der Waals surface area contributed by atoms with Crippen LogP contribution in [0.15, 0.2) is 52.7 Å². The maximum Gasteiger partial charge on any atom is 0.295 e. The van der Waals surface area contributed by atoms with Crippen LogP contribution in [-0.2, 0) is 11.3 Å². The van der Waals surface area contributed by atoms with E-state index in [9.17, 15) is 9.90 Å². The molecule has 1 N–H and O–H groups in total. The molecule has 0 aliphatic heterocycles. The van der Waals surface area contributed by atoms with E-state index in [-0.39, 0.29) is 11.6 Å². The molecule has 0 bridgehead atoms. The summed E-state index contributed by atoms with van der Waals surface area (Å²) in [7, 11) is 3.01. The van der Waals surface area contributed by atoms with E-state index in [1.807, 2.05) is 31.2 Å². The van der Waals surface area contributed by atoms with Gasteiger partial charge in [-0.25, -0.2) is 0 Å². The third kappa shape index (κ3) is 4.22. The number of para-hydroxylation sites is 1. The Kier molecular flexibility index (Phi) is 6.46. The zero-order valence-corrected chi connectivity index (χ0v) is 16.6. The van der Waals surface area contributed by atoms with Crippen LogP contribution >= 0.6 is 0 Å². The summed E-state index contributed by atoms with van der Waals surface area (Å²) in [6.45, 7) is 3.41. The number of carbonyl (C=O) groups excluding carboxylic acids is 1. The van der Waals surface area contributed by atoms with Gasteiger partial charge in [-0.05, 0) is 31.2 Å². The predicted octanol–water partition coefficient (Wildman–Crippen LogP) is 4.32. The zero-order valence-electron chi connectivity index (χ0n) is 16.6. The number of azo groups is 1. The molecule has 0 radical (unpaired) electrons. The highest BCUT2D eigenvalue weighted by molar-refractivity contribution is 5.97. The van der Waals surface area contributed by atoms with Crippen LogP contribution in [0.2, 0.25) is 0 Å². The number of carbonyl (C=O) groups is 1. The lowest BCUT2D eigenvalue weighted by Crippen LogP contribution is -2.05. The van der Waals surface area contributed by atoms with Gasteiger partial charge in [0.2, 0.25) is 5.88 Å². The van der Waals surface area contributed by atoms with E-state index >= 15 is 0 Å². The van der Waals surface area contributed by atoms with E-state index in [0.717, 1.165) is 5.52 Å². The van der Waals surface area contributed by atoms with Crippen LogP contribution < -0.4 is 9.47 Å². The SMILES string of the molecule is CCOCCn1c(O)c(N=NC(=O)c2ccc(OC)c(OC)c2)c2ccccc21. The summed E-state index contributed by atoms with van der Waals surface area (Å²) in [6, 6.07) is 12.1. The second-order valence-electron chi connectivity index (χ2n) is 6.11. The molecule has 8 nitrogen and oxygen atoms in total. The Bertz CT molecular complexity index is 1040. The van der Waals surface area contributed by atoms with E-state index in [4.69, 9.17) is 14.2 Å². The summed E-state index contributed by atoms with van der Waals surface area (Å²) in [5, 5.41) is 19.2. The minimum Gasteiger partial charge on any atom is -0.493 e. The molecule has 0 saturated heterocycles. The Labute approximate surface area is 168 Å². The van der Waals surface area contributed by atoms with E-state index in [2.05, 4.69) is 10.2 Å². The van der Waals surface area contributed by atoms with Gasteiger partial charge in [0, 0.05) is 24.1 Å². The summed E-state index contributed by atoms with van der Waals surface area (Å²) < 4.78 is 17.5. The molecule has 1 heterocycles. The van der Waals surface area contributed by atoms with Gasteiger partial charge >= 0.3 is 0 Å². The number of ether oxygens (including phenoxy) is 3. The van der Waals surface area contributed by atoms with Crippen molar-refractivity contribution in [2.45, 2.75) is 13.5 Å². The van der Waals surface area contributed by atoms with Crippen LogP contribution in [0.1, 0.15) is 17.3 Å². The molecule has 0 aliphatic carbocycles. The van der Waals surface area contributed by atoms with Crippen LogP contribution in [0.25, 0.3) is 10.9 Å². The summed E-state index contributed by atoms with van der Waals surface area (Å²) in [4.78, 5) is 12.5. The fraction of sp³-hybridized carbons (Fsp3) is 0.286. The summed E-state index contributed by atoms with van der Waals surface area (Å²) in [6.07, 6.45) is 0. The molecule has 0 aliphatic rings. The minimum atomic E-state index is -0.559. The fourth-order valence-electron chi connectivity index (χ4n) is 3.02. The van der Waals surface area contributed by atoms with Crippen molar-refractivity contribution in [1.29, 1.82) is 0 Å². The quantitative estimate of drug-likeness (QED) is 0.451. The summed E-state index contributed by atoms with van der Waals surface area (Å²) in [5.41, 5.74) is 1.33. The molecule has 1 aromatic heterocycles. The van der Waals surface area contributed by atoms with Crippen LogP contribution in [-0.4, -0.2) is 43.0 Å². The van der Waals surface area contributed by atoms with Crippen molar-refractivity contribution in [3.05, 3.63) is 48.0 Å². The topological polar surface area (TPSA) is 94.6 Å². The second-order valence-corrected chi connectivity index (χ2v) is 6.11. The van der Waals surface area contributed by atoms with Gasteiger partial charge in [-0.3, -0.25) is 4.79 Å². The van der Waals surface area contributed by atoms with Crippen LogP contribution in [0.5, 0.6) is 17.4 Å². The first-order valence-corrected chi connectivity index (χ1v) is 9.16. The lowest BCUT2D eigenvalue weighted by atomic mass is 10.2. The highest BCUT2D eigenvalue weighted by Gasteiger charge is 2.17. The Balaban J connectivity index is 1.92. The molecule has 8 heteroatoms. The smallest absolute Gasteiger partial charge is 0.295 e. The number of benzene rings is 2. The lowest BCUT2D eigenvalue weighted by Gasteiger charge is -2.07. The average Bonchev–Trinajstić information content (AvgIpc) is 3.02. The number of fused-ring (bicyclic) bond motifs is 1. The summed E-state index contributed by atoms with van der Waals surface area (Å²) >= 11 is 0. The molecule has 3 aromatic rings. The van der Waals surface area contributed by atoms with Gasteiger partial charge in [-0.1, -0.05) is 18.2 Å². The molecular weight excluding hydrogens is 374 g/mol. The number of nitrogens with zero attached hydrogens (tertiary/aromatic N) is 3. The minimum absolute atomic E-state index is 0.0604. The van der Waals surface area contributed by atoms with E-state index < -0.39 is 5.91 Å². The number of amides is 1. The zero-order chi connectivity index (χ0) is 20.8. The van der Waals surface area contributed by atoms with Crippen LogP contribution in [0, 0.1) is 0 Å². The molecule has 0 spiro atoms. The number of rotatable bonds is 8. The van der Waals surface area contributed by atoms with Crippen molar-refractivity contribution in [2.24, 2.45) is 10.2 Å². The Morgan fingerprint density at radius 2 is 1.86 bits per heavy atom. The maximum atomic E-state index is 12.5. The van der Waals surface area contributed by atoms with E-state index in [1.165, 1.54) is 20.3 Å².